The van der Waals surface area contributed by atoms with Crippen LogP contribution in [0.1, 0.15) is 66.2 Å². The summed E-state index contributed by atoms with van der Waals surface area (Å²) in [7, 11) is 0. The Morgan fingerprint density at radius 2 is 1.78 bits per heavy atom. The molecule has 3 atom stereocenters. The number of rotatable bonds is 8. The molecule has 0 bridgehead atoms. The summed E-state index contributed by atoms with van der Waals surface area (Å²) in [5, 5.41) is 0. The standard InChI is InChI=1S/C15H28F2O/c1-5-7-13(8-12(4)11(3)6-2)18-14-9-15(16,17)10-14/h11-14H,5-10H2,1-4H3. The minimum atomic E-state index is -2.47. The van der Waals surface area contributed by atoms with E-state index in [2.05, 4.69) is 27.7 Å². The fourth-order valence-electron chi connectivity index (χ4n) is 2.59. The Morgan fingerprint density at radius 3 is 2.22 bits per heavy atom. The quantitative estimate of drug-likeness (QED) is 0.595. The van der Waals surface area contributed by atoms with Gasteiger partial charge in [-0.15, -0.1) is 0 Å². The highest BCUT2D eigenvalue weighted by Crippen LogP contribution is 2.40. The van der Waals surface area contributed by atoms with Crippen LogP contribution in [0.15, 0.2) is 0 Å². The van der Waals surface area contributed by atoms with Crippen molar-refractivity contribution in [2.24, 2.45) is 11.8 Å². The fraction of sp³-hybridized carbons (Fsp3) is 1.00. The molecule has 0 radical (unpaired) electrons. The maximum atomic E-state index is 12.8. The van der Waals surface area contributed by atoms with E-state index in [4.69, 9.17) is 4.74 Å². The Morgan fingerprint density at radius 1 is 1.17 bits per heavy atom. The van der Waals surface area contributed by atoms with Crippen LogP contribution in [0.25, 0.3) is 0 Å². The van der Waals surface area contributed by atoms with E-state index in [-0.39, 0.29) is 25.0 Å². The van der Waals surface area contributed by atoms with Gasteiger partial charge in [-0.2, -0.15) is 0 Å². The average Bonchev–Trinajstić information content (AvgIpc) is 2.25. The summed E-state index contributed by atoms with van der Waals surface area (Å²) in [5.41, 5.74) is 0. The molecule has 1 nitrogen and oxygen atoms in total. The van der Waals surface area contributed by atoms with Crippen molar-refractivity contribution >= 4 is 0 Å². The Kier molecular flexibility index (Phi) is 6.03. The molecule has 1 aliphatic carbocycles. The third-order valence-corrected chi connectivity index (χ3v) is 4.30. The van der Waals surface area contributed by atoms with Crippen LogP contribution in [0.2, 0.25) is 0 Å². The van der Waals surface area contributed by atoms with Gasteiger partial charge in [0, 0.05) is 12.8 Å². The lowest BCUT2D eigenvalue weighted by molar-refractivity contribution is -0.185. The van der Waals surface area contributed by atoms with Gasteiger partial charge in [0.25, 0.3) is 5.92 Å². The van der Waals surface area contributed by atoms with Gasteiger partial charge in [0.05, 0.1) is 12.2 Å². The van der Waals surface area contributed by atoms with Crippen molar-refractivity contribution in [3.63, 3.8) is 0 Å². The molecule has 1 fully saturated rings. The maximum Gasteiger partial charge on any atom is 0.253 e. The van der Waals surface area contributed by atoms with Crippen LogP contribution in [0, 0.1) is 11.8 Å². The lowest BCUT2D eigenvalue weighted by Crippen LogP contribution is -2.43. The number of halogens is 2. The largest absolute Gasteiger partial charge is 0.375 e. The van der Waals surface area contributed by atoms with E-state index in [9.17, 15) is 8.78 Å². The predicted molar refractivity (Wildman–Crippen MR) is 71.0 cm³/mol. The van der Waals surface area contributed by atoms with Crippen LogP contribution in [0.4, 0.5) is 8.78 Å². The van der Waals surface area contributed by atoms with E-state index in [1.54, 1.807) is 0 Å². The smallest absolute Gasteiger partial charge is 0.253 e. The first-order valence-electron chi connectivity index (χ1n) is 7.41. The maximum absolute atomic E-state index is 12.8. The Balaban J connectivity index is 2.35. The summed E-state index contributed by atoms with van der Waals surface area (Å²) < 4.78 is 31.4. The summed E-state index contributed by atoms with van der Waals surface area (Å²) in [6.45, 7) is 8.82. The second-order valence-electron chi connectivity index (χ2n) is 6.03. The molecular weight excluding hydrogens is 234 g/mol. The highest BCUT2D eigenvalue weighted by Gasteiger charge is 2.46. The molecule has 1 saturated carbocycles. The summed E-state index contributed by atoms with van der Waals surface area (Å²) in [5.74, 6) is -1.19. The van der Waals surface area contributed by atoms with E-state index in [0.717, 1.165) is 19.3 Å². The molecule has 0 aliphatic heterocycles. The first-order chi connectivity index (χ1) is 8.38. The van der Waals surface area contributed by atoms with Gasteiger partial charge in [0.15, 0.2) is 0 Å². The van der Waals surface area contributed by atoms with Crippen LogP contribution in [0.3, 0.4) is 0 Å². The molecule has 0 saturated heterocycles. The van der Waals surface area contributed by atoms with Gasteiger partial charge in [-0.1, -0.05) is 40.5 Å². The highest BCUT2D eigenvalue weighted by atomic mass is 19.3. The first kappa shape index (κ1) is 15.9. The van der Waals surface area contributed by atoms with Crippen LogP contribution < -0.4 is 0 Å². The van der Waals surface area contributed by atoms with Gasteiger partial charge in [-0.05, 0) is 24.7 Å². The van der Waals surface area contributed by atoms with Gasteiger partial charge < -0.3 is 4.74 Å². The molecule has 0 aromatic heterocycles. The summed E-state index contributed by atoms with van der Waals surface area (Å²) in [6, 6.07) is 0. The van der Waals surface area contributed by atoms with Gasteiger partial charge >= 0.3 is 0 Å². The molecule has 3 unspecified atom stereocenters. The number of ether oxygens (including phenoxy) is 1. The molecule has 18 heavy (non-hydrogen) atoms. The van der Waals surface area contributed by atoms with E-state index in [0.29, 0.717) is 11.8 Å². The minimum absolute atomic E-state index is 0.0784. The SMILES string of the molecule is CCCC(CC(C)C(C)CC)OC1CC(F)(F)C1. The van der Waals surface area contributed by atoms with Gasteiger partial charge in [-0.3, -0.25) is 0 Å². The van der Waals surface area contributed by atoms with Gasteiger partial charge in [0.2, 0.25) is 0 Å². The van der Waals surface area contributed by atoms with E-state index in [1.807, 2.05) is 0 Å². The highest BCUT2D eigenvalue weighted by molar-refractivity contribution is 4.88. The number of hydrogen-bond donors (Lipinski definition) is 0. The predicted octanol–water partition coefficient (Wildman–Crippen LogP) is 5.04. The first-order valence-corrected chi connectivity index (χ1v) is 7.41. The van der Waals surface area contributed by atoms with Crippen molar-refractivity contribution in [2.75, 3.05) is 0 Å². The Hall–Kier alpha value is -0.180. The molecule has 0 heterocycles. The molecular formula is C15H28F2O. The molecule has 0 aromatic carbocycles. The molecule has 0 aromatic rings. The van der Waals surface area contributed by atoms with Crippen LogP contribution in [0.5, 0.6) is 0 Å². The Bertz CT molecular complexity index is 235. The minimum Gasteiger partial charge on any atom is -0.375 e. The number of alkyl halides is 2. The molecule has 0 amide bonds. The van der Waals surface area contributed by atoms with Crippen molar-refractivity contribution in [1.29, 1.82) is 0 Å². The zero-order valence-corrected chi connectivity index (χ0v) is 12.2. The van der Waals surface area contributed by atoms with Crippen molar-refractivity contribution in [2.45, 2.75) is 84.4 Å². The Labute approximate surface area is 110 Å². The van der Waals surface area contributed by atoms with Crippen molar-refractivity contribution < 1.29 is 13.5 Å². The van der Waals surface area contributed by atoms with Crippen LogP contribution in [-0.2, 0) is 4.74 Å². The molecule has 0 N–H and O–H groups in total. The van der Waals surface area contributed by atoms with Crippen LogP contribution >= 0.6 is 0 Å². The third kappa shape index (κ3) is 4.83. The molecule has 0 spiro atoms. The summed E-state index contributed by atoms with van der Waals surface area (Å²) in [6.07, 6.45) is 4.02. The second kappa shape index (κ2) is 6.83. The second-order valence-corrected chi connectivity index (χ2v) is 6.03. The molecule has 1 aliphatic rings. The zero-order chi connectivity index (χ0) is 13.8. The van der Waals surface area contributed by atoms with Crippen molar-refractivity contribution in [1.82, 2.24) is 0 Å². The molecule has 108 valence electrons. The zero-order valence-electron chi connectivity index (χ0n) is 12.2. The van der Waals surface area contributed by atoms with Crippen LogP contribution in [-0.4, -0.2) is 18.1 Å². The molecule has 3 heteroatoms. The summed E-state index contributed by atoms with van der Waals surface area (Å²) in [4.78, 5) is 0. The topological polar surface area (TPSA) is 9.23 Å². The fourth-order valence-corrected chi connectivity index (χ4v) is 2.59. The summed E-state index contributed by atoms with van der Waals surface area (Å²) >= 11 is 0. The normalized spacial score (nSPS) is 24.3. The number of hydrogen-bond acceptors (Lipinski definition) is 1. The average molecular weight is 262 g/mol. The monoisotopic (exact) mass is 262 g/mol. The van der Waals surface area contributed by atoms with Gasteiger partial charge in [-0.25, -0.2) is 8.78 Å². The van der Waals surface area contributed by atoms with Gasteiger partial charge in [0.1, 0.15) is 0 Å². The van der Waals surface area contributed by atoms with E-state index < -0.39 is 5.92 Å². The van der Waals surface area contributed by atoms with E-state index >= 15 is 0 Å². The third-order valence-electron chi connectivity index (χ3n) is 4.30. The lowest BCUT2D eigenvalue weighted by Gasteiger charge is -2.38. The van der Waals surface area contributed by atoms with Crippen molar-refractivity contribution in [3.8, 4) is 0 Å². The van der Waals surface area contributed by atoms with Crippen molar-refractivity contribution in [3.05, 3.63) is 0 Å². The molecule has 1 rings (SSSR count). The lowest BCUT2D eigenvalue weighted by atomic mass is 9.86. The van der Waals surface area contributed by atoms with E-state index in [1.165, 1.54) is 6.42 Å².